The van der Waals surface area contributed by atoms with Crippen LogP contribution in [0.15, 0.2) is 58.3 Å². The SMILES string of the molecule is Cc1csc(SCc2ccc(C(=O)N3CCCN(Cc4ccccc4F)CC3)cc2)n1. The van der Waals surface area contributed by atoms with Crippen molar-refractivity contribution in [2.75, 3.05) is 26.2 Å². The molecule has 0 unspecified atom stereocenters. The second-order valence-corrected chi connectivity index (χ2v) is 9.83. The van der Waals surface area contributed by atoms with E-state index in [-0.39, 0.29) is 11.7 Å². The van der Waals surface area contributed by atoms with Gasteiger partial charge in [0.15, 0.2) is 0 Å². The quantitative estimate of drug-likeness (QED) is 0.477. The Bertz CT molecular complexity index is 1020. The molecule has 2 aromatic carbocycles. The van der Waals surface area contributed by atoms with Crippen LogP contribution in [0, 0.1) is 12.7 Å². The molecule has 1 fully saturated rings. The molecule has 2 heterocycles. The van der Waals surface area contributed by atoms with Gasteiger partial charge in [0.1, 0.15) is 10.2 Å². The van der Waals surface area contributed by atoms with E-state index < -0.39 is 0 Å². The highest BCUT2D eigenvalue weighted by molar-refractivity contribution is 8.00. The van der Waals surface area contributed by atoms with Crippen molar-refractivity contribution in [2.24, 2.45) is 0 Å². The summed E-state index contributed by atoms with van der Waals surface area (Å²) in [6.45, 7) is 5.59. The first-order valence-corrected chi connectivity index (χ1v) is 12.3. The molecule has 0 atom stereocenters. The monoisotopic (exact) mass is 455 g/mol. The van der Waals surface area contributed by atoms with Crippen molar-refractivity contribution in [3.8, 4) is 0 Å². The lowest BCUT2D eigenvalue weighted by Crippen LogP contribution is -2.35. The van der Waals surface area contributed by atoms with Gasteiger partial charge in [-0.2, -0.15) is 0 Å². The first-order valence-electron chi connectivity index (χ1n) is 10.5. The Morgan fingerprint density at radius 3 is 2.65 bits per heavy atom. The van der Waals surface area contributed by atoms with Gasteiger partial charge < -0.3 is 4.90 Å². The van der Waals surface area contributed by atoms with Crippen molar-refractivity contribution in [3.63, 3.8) is 0 Å². The molecule has 0 saturated carbocycles. The highest BCUT2D eigenvalue weighted by atomic mass is 32.2. The number of amides is 1. The van der Waals surface area contributed by atoms with Crippen molar-refractivity contribution >= 4 is 29.0 Å². The van der Waals surface area contributed by atoms with Crippen LogP contribution in [0.5, 0.6) is 0 Å². The third kappa shape index (κ3) is 5.93. The minimum absolute atomic E-state index is 0.0718. The Morgan fingerprint density at radius 1 is 1.10 bits per heavy atom. The Balaban J connectivity index is 1.31. The number of hydrogen-bond donors (Lipinski definition) is 0. The fourth-order valence-corrected chi connectivity index (χ4v) is 5.47. The molecule has 0 aliphatic carbocycles. The highest BCUT2D eigenvalue weighted by Crippen LogP contribution is 2.26. The number of aromatic nitrogens is 1. The van der Waals surface area contributed by atoms with Crippen LogP contribution in [0.3, 0.4) is 0 Å². The smallest absolute Gasteiger partial charge is 0.253 e. The summed E-state index contributed by atoms with van der Waals surface area (Å²) in [6, 6.07) is 14.8. The number of carbonyl (C=O) groups is 1. The van der Waals surface area contributed by atoms with E-state index in [4.69, 9.17) is 0 Å². The molecule has 3 aromatic rings. The van der Waals surface area contributed by atoms with Crippen LogP contribution in [-0.2, 0) is 12.3 Å². The summed E-state index contributed by atoms with van der Waals surface area (Å²) in [7, 11) is 0. The van der Waals surface area contributed by atoms with Gasteiger partial charge in [-0.15, -0.1) is 11.3 Å². The Labute approximate surface area is 191 Å². The minimum atomic E-state index is -0.164. The molecule has 1 amide bonds. The summed E-state index contributed by atoms with van der Waals surface area (Å²) in [5, 5.41) is 2.06. The molecule has 31 heavy (non-hydrogen) atoms. The fraction of sp³-hybridized carbons (Fsp3) is 0.333. The van der Waals surface area contributed by atoms with Crippen molar-refractivity contribution in [1.82, 2.24) is 14.8 Å². The summed E-state index contributed by atoms with van der Waals surface area (Å²) < 4.78 is 15.0. The summed E-state index contributed by atoms with van der Waals surface area (Å²) in [6.07, 6.45) is 0.891. The standard InChI is InChI=1S/C24H26FN3OS2/c1-18-16-30-24(26-18)31-17-19-7-9-20(10-8-19)23(29)28-12-4-11-27(13-14-28)15-21-5-2-3-6-22(21)25/h2-3,5-10,16H,4,11-15,17H2,1H3. The third-order valence-corrected chi connectivity index (χ3v) is 7.60. The largest absolute Gasteiger partial charge is 0.337 e. The molecule has 0 bridgehead atoms. The molecule has 7 heteroatoms. The molecule has 0 N–H and O–H groups in total. The van der Waals surface area contributed by atoms with Gasteiger partial charge in [-0.1, -0.05) is 42.1 Å². The van der Waals surface area contributed by atoms with E-state index in [1.807, 2.05) is 48.2 Å². The van der Waals surface area contributed by atoms with Gasteiger partial charge in [0.05, 0.1) is 0 Å². The molecule has 0 spiro atoms. The lowest BCUT2D eigenvalue weighted by molar-refractivity contribution is 0.0761. The molecule has 1 aromatic heterocycles. The fourth-order valence-electron chi connectivity index (χ4n) is 3.67. The Kier molecular flexibility index (Phi) is 7.37. The normalized spacial score (nSPS) is 15.1. The predicted octanol–water partition coefficient (Wildman–Crippen LogP) is 5.23. The lowest BCUT2D eigenvalue weighted by Gasteiger charge is -2.22. The van der Waals surface area contributed by atoms with E-state index in [0.717, 1.165) is 47.4 Å². The van der Waals surface area contributed by atoms with Crippen LogP contribution in [0.1, 0.15) is 33.6 Å². The van der Waals surface area contributed by atoms with E-state index in [2.05, 4.69) is 15.3 Å². The van der Waals surface area contributed by atoms with Gasteiger partial charge in [0.25, 0.3) is 5.91 Å². The van der Waals surface area contributed by atoms with Crippen molar-refractivity contribution in [2.45, 2.75) is 30.0 Å². The van der Waals surface area contributed by atoms with Crippen LogP contribution >= 0.6 is 23.1 Å². The second-order valence-electron chi connectivity index (χ2n) is 7.75. The zero-order valence-corrected chi connectivity index (χ0v) is 19.2. The molecule has 1 saturated heterocycles. The molecule has 0 radical (unpaired) electrons. The number of halogens is 1. The summed E-state index contributed by atoms with van der Waals surface area (Å²) in [5.74, 6) is 0.751. The van der Waals surface area contributed by atoms with Crippen molar-refractivity contribution in [3.05, 3.63) is 82.1 Å². The van der Waals surface area contributed by atoms with E-state index in [1.165, 1.54) is 11.6 Å². The van der Waals surface area contributed by atoms with Crippen molar-refractivity contribution < 1.29 is 9.18 Å². The average molecular weight is 456 g/mol. The van der Waals surface area contributed by atoms with Crippen LogP contribution in [0.2, 0.25) is 0 Å². The number of hydrogen-bond acceptors (Lipinski definition) is 5. The predicted molar refractivity (Wildman–Crippen MR) is 125 cm³/mol. The summed E-state index contributed by atoms with van der Waals surface area (Å²) in [4.78, 5) is 21.6. The highest BCUT2D eigenvalue weighted by Gasteiger charge is 2.21. The average Bonchev–Trinajstić information content (AvgIpc) is 3.06. The zero-order valence-electron chi connectivity index (χ0n) is 17.6. The van der Waals surface area contributed by atoms with Gasteiger partial charge in [-0.3, -0.25) is 9.69 Å². The topological polar surface area (TPSA) is 36.4 Å². The molecule has 4 rings (SSSR count). The van der Waals surface area contributed by atoms with E-state index in [0.29, 0.717) is 18.7 Å². The maximum Gasteiger partial charge on any atom is 0.253 e. The number of aryl methyl sites for hydroxylation is 1. The van der Waals surface area contributed by atoms with Crippen molar-refractivity contribution in [1.29, 1.82) is 0 Å². The maximum absolute atomic E-state index is 14.0. The van der Waals surface area contributed by atoms with Gasteiger partial charge in [0.2, 0.25) is 0 Å². The zero-order chi connectivity index (χ0) is 21.6. The molecule has 4 nitrogen and oxygen atoms in total. The number of thiazole rings is 1. The van der Waals surface area contributed by atoms with Gasteiger partial charge in [-0.05, 0) is 37.1 Å². The van der Waals surface area contributed by atoms with E-state index >= 15 is 0 Å². The number of benzene rings is 2. The van der Waals surface area contributed by atoms with Crippen LogP contribution in [0.25, 0.3) is 0 Å². The van der Waals surface area contributed by atoms with E-state index in [9.17, 15) is 9.18 Å². The van der Waals surface area contributed by atoms with Gasteiger partial charge in [0, 0.05) is 60.7 Å². The number of rotatable bonds is 6. The summed E-state index contributed by atoms with van der Waals surface area (Å²) in [5.41, 5.74) is 3.67. The van der Waals surface area contributed by atoms with Crippen LogP contribution in [-0.4, -0.2) is 46.9 Å². The minimum Gasteiger partial charge on any atom is -0.337 e. The third-order valence-electron chi connectivity index (χ3n) is 5.39. The van der Waals surface area contributed by atoms with Gasteiger partial charge >= 0.3 is 0 Å². The van der Waals surface area contributed by atoms with E-state index in [1.54, 1.807) is 29.2 Å². The second kappa shape index (κ2) is 10.4. The van der Waals surface area contributed by atoms with Crippen LogP contribution < -0.4 is 0 Å². The molecule has 162 valence electrons. The number of nitrogens with zero attached hydrogens (tertiary/aromatic N) is 3. The summed E-state index contributed by atoms with van der Waals surface area (Å²) >= 11 is 3.39. The Morgan fingerprint density at radius 2 is 1.90 bits per heavy atom. The number of carbonyl (C=O) groups excluding carboxylic acids is 1. The van der Waals surface area contributed by atoms with Gasteiger partial charge in [-0.25, -0.2) is 9.37 Å². The molecular weight excluding hydrogens is 429 g/mol. The molecule has 1 aliphatic rings. The maximum atomic E-state index is 14.0. The first-order chi connectivity index (χ1) is 15.1. The lowest BCUT2D eigenvalue weighted by atomic mass is 10.1. The molecule has 1 aliphatic heterocycles. The van der Waals surface area contributed by atoms with Crippen LogP contribution in [0.4, 0.5) is 4.39 Å². The number of thioether (sulfide) groups is 1. The first kappa shape index (κ1) is 22.0. The molecular formula is C24H26FN3OS2. The Hall–Kier alpha value is -2.22.